The zero-order valence-corrected chi connectivity index (χ0v) is 14.9. The molecule has 0 bridgehead atoms. The Morgan fingerprint density at radius 1 is 1.04 bits per heavy atom. The van der Waals surface area contributed by atoms with Gasteiger partial charge in [0.1, 0.15) is 0 Å². The van der Waals surface area contributed by atoms with E-state index in [4.69, 9.17) is 0 Å². The van der Waals surface area contributed by atoms with E-state index in [9.17, 15) is 14.7 Å². The summed E-state index contributed by atoms with van der Waals surface area (Å²) in [6.45, 7) is 2.75. The third-order valence-corrected chi connectivity index (χ3v) is 4.96. The molecule has 5 heteroatoms. The maximum atomic E-state index is 12.4. The highest BCUT2D eigenvalue weighted by molar-refractivity contribution is 5.95. The van der Waals surface area contributed by atoms with Gasteiger partial charge in [0.05, 0.1) is 6.10 Å². The average molecular weight is 352 g/mol. The molecule has 1 aliphatic rings. The molecule has 1 atom stereocenters. The Balaban J connectivity index is 1.52. The number of piperidine rings is 1. The maximum Gasteiger partial charge on any atom is 0.321 e. The Kier molecular flexibility index (Phi) is 5.68. The molecule has 1 heterocycles. The van der Waals surface area contributed by atoms with Gasteiger partial charge < -0.3 is 15.3 Å². The number of hydrogen-bond acceptors (Lipinski definition) is 3. The molecule has 2 amide bonds. The Labute approximate surface area is 153 Å². The Hall–Kier alpha value is -2.66. The standard InChI is InChI=1S/C21H24N2O3/c1-15(24)16-7-9-19(10-8-16)22-21(26)23-13-11-18(12-14-23)20(25)17-5-3-2-4-6-17/h2-10,18,20,25H,11-14H2,1H3,(H,22,26)/t20-/m1/s1. The second kappa shape index (κ2) is 8.15. The maximum absolute atomic E-state index is 12.4. The lowest BCUT2D eigenvalue weighted by Gasteiger charge is -2.34. The molecule has 0 saturated carbocycles. The van der Waals surface area contributed by atoms with Gasteiger partial charge in [0, 0.05) is 24.3 Å². The highest BCUT2D eigenvalue weighted by Crippen LogP contribution is 2.30. The number of likely N-dealkylation sites (tertiary alicyclic amines) is 1. The molecule has 3 rings (SSSR count). The summed E-state index contributed by atoms with van der Waals surface area (Å²) in [5, 5.41) is 13.4. The number of aliphatic hydroxyl groups is 1. The largest absolute Gasteiger partial charge is 0.388 e. The number of benzene rings is 2. The van der Waals surface area contributed by atoms with Crippen molar-refractivity contribution < 1.29 is 14.7 Å². The predicted octanol–water partition coefficient (Wildman–Crippen LogP) is 3.87. The minimum atomic E-state index is -0.486. The van der Waals surface area contributed by atoms with Crippen LogP contribution in [0.15, 0.2) is 54.6 Å². The van der Waals surface area contributed by atoms with Crippen molar-refractivity contribution in [1.29, 1.82) is 0 Å². The molecule has 2 aromatic carbocycles. The van der Waals surface area contributed by atoms with Crippen LogP contribution in [0.25, 0.3) is 0 Å². The van der Waals surface area contributed by atoms with Crippen LogP contribution in [0.5, 0.6) is 0 Å². The number of carbonyl (C=O) groups excluding carboxylic acids is 2. The molecule has 26 heavy (non-hydrogen) atoms. The fraction of sp³-hybridized carbons (Fsp3) is 0.333. The van der Waals surface area contributed by atoms with Gasteiger partial charge in [-0.3, -0.25) is 4.79 Å². The van der Waals surface area contributed by atoms with E-state index in [1.165, 1.54) is 6.92 Å². The summed E-state index contributed by atoms with van der Waals surface area (Å²) in [6.07, 6.45) is 1.06. The predicted molar refractivity (Wildman–Crippen MR) is 101 cm³/mol. The van der Waals surface area contributed by atoms with Gasteiger partial charge in [0.2, 0.25) is 0 Å². The first-order valence-corrected chi connectivity index (χ1v) is 8.94. The summed E-state index contributed by atoms with van der Waals surface area (Å²) in [5.41, 5.74) is 2.23. The molecule has 136 valence electrons. The van der Waals surface area contributed by atoms with Gasteiger partial charge in [-0.25, -0.2) is 4.79 Å². The summed E-state index contributed by atoms with van der Waals surface area (Å²) in [6, 6.07) is 16.4. The number of Topliss-reactive ketones (excluding diaryl/α,β-unsaturated/α-hetero) is 1. The van der Waals surface area contributed by atoms with E-state index in [-0.39, 0.29) is 17.7 Å². The number of urea groups is 1. The molecule has 2 aromatic rings. The molecule has 0 radical (unpaired) electrons. The van der Waals surface area contributed by atoms with Crippen LogP contribution in [0.3, 0.4) is 0 Å². The number of carbonyl (C=O) groups is 2. The van der Waals surface area contributed by atoms with Crippen molar-refractivity contribution in [3.05, 3.63) is 65.7 Å². The Bertz CT molecular complexity index is 751. The number of amides is 2. The zero-order valence-electron chi connectivity index (χ0n) is 14.9. The summed E-state index contributed by atoms with van der Waals surface area (Å²) in [5.74, 6) is 0.165. The highest BCUT2D eigenvalue weighted by atomic mass is 16.3. The molecule has 5 nitrogen and oxygen atoms in total. The van der Waals surface area contributed by atoms with Gasteiger partial charge in [-0.2, -0.15) is 0 Å². The number of rotatable bonds is 4. The van der Waals surface area contributed by atoms with Gasteiger partial charge in [0.15, 0.2) is 5.78 Å². The number of nitrogens with zero attached hydrogens (tertiary/aromatic N) is 1. The lowest BCUT2D eigenvalue weighted by atomic mass is 9.87. The lowest BCUT2D eigenvalue weighted by Crippen LogP contribution is -2.42. The van der Waals surface area contributed by atoms with Crippen molar-refractivity contribution >= 4 is 17.5 Å². The summed E-state index contributed by atoms with van der Waals surface area (Å²) in [7, 11) is 0. The van der Waals surface area contributed by atoms with Gasteiger partial charge in [-0.1, -0.05) is 30.3 Å². The lowest BCUT2D eigenvalue weighted by molar-refractivity contribution is 0.0683. The fourth-order valence-corrected chi connectivity index (χ4v) is 3.33. The molecule has 0 aliphatic carbocycles. The zero-order chi connectivity index (χ0) is 18.5. The van der Waals surface area contributed by atoms with Crippen LogP contribution in [-0.4, -0.2) is 34.9 Å². The van der Waals surface area contributed by atoms with Crippen molar-refractivity contribution in [3.63, 3.8) is 0 Å². The molecule has 0 unspecified atom stereocenters. The van der Waals surface area contributed by atoms with E-state index in [1.807, 2.05) is 30.3 Å². The van der Waals surface area contributed by atoms with Crippen molar-refractivity contribution in [1.82, 2.24) is 4.90 Å². The van der Waals surface area contributed by atoms with Crippen LogP contribution in [0.1, 0.15) is 41.8 Å². The highest BCUT2D eigenvalue weighted by Gasteiger charge is 2.28. The monoisotopic (exact) mass is 352 g/mol. The Morgan fingerprint density at radius 3 is 2.23 bits per heavy atom. The third kappa shape index (κ3) is 4.29. The van der Waals surface area contributed by atoms with Gasteiger partial charge in [-0.15, -0.1) is 0 Å². The number of ketones is 1. The van der Waals surface area contributed by atoms with Crippen LogP contribution in [-0.2, 0) is 0 Å². The first-order chi connectivity index (χ1) is 12.5. The van der Waals surface area contributed by atoms with E-state index in [2.05, 4.69) is 5.32 Å². The molecule has 0 spiro atoms. The van der Waals surface area contributed by atoms with E-state index < -0.39 is 6.10 Å². The van der Waals surface area contributed by atoms with E-state index in [0.29, 0.717) is 24.3 Å². The van der Waals surface area contributed by atoms with E-state index in [0.717, 1.165) is 18.4 Å². The smallest absolute Gasteiger partial charge is 0.321 e. The molecule has 1 aliphatic heterocycles. The molecule has 1 fully saturated rings. The molecule has 1 saturated heterocycles. The quantitative estimate of drug-likeness (QED) is 0.821. The first-order valence-electron chi connectivity index (χ1n) is 8.94. The third-order valence-electron chi connectivity index (χ3n) is 4.96. The van der Waals surface area contributed by atoms with Gasteiger partial charge in [-0.05, 0) is 55.5 Å². The summed E-state index contributed by atoms with van der Waals surface area (Å²) < 4.78 is 0. The fourth-order valence-electron chi connectivity index (χ4n) is 3.33. The SMILES string of the molecule is CC(=O)c1ccc(NC(=O)N2CCC([C@H](O)c3ccccc3)CC2)cc1. The van der Waals surface area contributed by atoms with Gasteiger partial charge >= 0.3 is 6.03 Å². The van der Waals surface area contributed by atoms with Crippen LogP contribution in [0.4, 0.5) is 10.5 Å². The molecular weight excluding hydrogens is 328 g/mol. The normalized spacial score (nSPS) is 16.2. The van der Waals surface area contributed by atoms with E-state index in [1.54, 1.807) is 29.2 Å². The molecular formula is C21H24N2O3. The van der Waals surface area contributed by atoms with Crippen LogP contribution in [0.2, 0.25) is 0 Å². The molecule has 0 aromatic heterocycles. The van der Waals surface area contributed by atoms with Crippen molar-refractivity contribution in [2.24, 2.45) is 5.92 Å². The van der Waals surface area contributed by atoms with Gasteiger partial charge in [0.25, 0.3) is 0 Å². The average Bonchev–Trinajstić information content (AvgIpc) is 2.68. The summed E-state index contributed by atoms with van der Waals surface area (Å²) in [4.78, 5) is 25.5. The van der Waals surface area contributed by atoms with E-state index >= 15 is 0 Å². The second-order valence-corrected chi connectivity index (χ2v) is 6.74. The number of hydrogen-bond donors (Lipinski definition) is 2. The van der Waals surface area contributed by atoms with Crippen LogP contribution < -0.4 is 5.32 Å². The van der Waals surface area contributed by atoms with Crippen molar-refractivity contribution in [2.45, 2.75) is 25.9 Å². The second-order valence-electron chi connectivity index (χ2n) is 6.74. The Morgan fingerprint density at radius 2 is 1.65 bits per heavy atom. The minimum absolute atomic E-state index is 0.00178. The number of aliphatic hydroxyl groups excluding tert-OH is 1. The van der Waals surface area contributed by atoms with Crippen molar-refractivity contribution in [2.75, 3.05) is 18.4 Å². The first kappa shape index (κ1) is 18.1. The summed E-state index contributed by atoms with van der Waals surface area (Å²) >= 11 is 0. The van der Waals surface area contributed by atoms with Crippen molar-refractivity contribution in [3.8, 4) is 0 Å². The molecule has 2 N–H and O–H groups in total. The topological polar surface area (TPSA) is 69.6 Å². The minimum Gasteiger partial charge on any atom is -0.388 e. The number of anilines is 1. The van der Waals surface area contributed by atoms with Crippen LogP contribution in [0, 0.1) is 5.92 Å². The number of nitrogens with one attached hydrogen (secondary N) is 1. The van der Waals surface area contributed by atoms with Crippen LogP contribution >= 0.6 is 0 Å².